The van der Waals surface area contributed by atoms with Crippen molar-refractivity contribution < 1.29 is 5.11 Å². The van der Waals surface area contributed by atoms with Crippen LogP contribution in [0.3, 0.4) is 0 Å². The molecule has 1 aliphatic carbocycles. The Kier molecular flexibility index (Phi) is 2.08. The molecule has 1 heterocycles. The van der Waals surface area contributed by atoms with E-state index in [1.54, 1.807) is 6.20 Å². The maximum atomic E-state index is 9.95. The van der Waals surface area contributed by atoms with Crippen LogP contribution in [0.2, 0.25) is 0 Å². The van der Waals surface area contributed by atoms with E-state index in [0.29, 0.717) is 11.8 Å². The number of aromatic nitrogens is 1. The predicted octanol–water partition coefficient (Wildman–Crippen LogP) is 1.94. The van der Waals surface area contributed by atoms with Crippen LogP contribution in [0.25, 0.3) is 0 Å². The summed E-state index contributed by atoms with van der Waals surface area (Å²) in [5, 5.41) is 9.95. The van der Waals surface area contributed by atoms with Crippen LogP contribution in [0.4, 0.5) is 0 Å². The van der Waals surface area contributed by atoms with Crippen molar-refractivity contribution in [3.05, 3.63) is 29.6 Å². The zero-order valence-electron chi connectivity index (χ0n) is 8.07. The topological polar surface area (TPSA) is 33.1 Å². The van der Waals surface area contributed by atoms with Crippen molar-refractivity contribution in [2.75, 3.05) is 0 Å². The van der Waals surface area contributed by atoms with Crippen molar-refractivity contribution in [1.82, 2.24) is 4.98 Å². The Morgan fingerprint density at radius 2 is 2.31 bits per heavy atom. The molecular weight excluding hydrogens is 162 g/mol. The molecule has 2 unspecified atom stereocenters. The van der Waals surface area contributed by atoms with Gasteiger partial charge in [-0.2, -0.15) is 0 Å². The minimum Gasteiger partial charge on any atom is -0.386 e. The predicted molar refractivity (Wildman–Crippen MR) is 51.2 cm³/mol. The third kappa shape index (κ3) is 1.35. The standard InChI is InChI=1S/C11H15NO/c1-7(2)9-6-8-4-3-5-12-10(8)11(9)13/h3-5,7,9,11,13H,6H2,1-2H3. The van der Waals surface area contributed by atoms with Gasteiger partial charge in [-0.25, -0.2) is 0 Å². The fourth-order valence-corrected chi connectivity index (χ4v) is 2.06. The van der Waals surface area contributed by atoms with Crippen molar-refractivity contribution in [1.29, 1.82) is 0 Å². The van der Waals surface area contributed by atoms with Gasteiger partial charge in [-0.15, -0.1) is 0 Å². The summed E-state index contributed by atoms with van der Waals surface area (Å²) in [7, 11) is 0. The summed E-state index contributed by atoms with van der Waals surface area (Å²) >= 11 is 0. The lowest BCUT2D eigenvalue weighted by Gasteiger charge is -2.17. The van der Waals surface area contributed by atoms with Gasteiger partial charge in [0.05, 0.1) is 11.8 Å². The van der Waals surface area contributed by atoms with Gasteiger partial charge in [0.25, 0.3) is 0 Å². The summed E-state index contributed by atoms with van der Waals surface area (Å²) in [4.78, 5) is 4.22. The largest absolute Gasteiger partial charge is 0.386 e. The second-order valence-electron chi connectivity index (χ2n) is 4.10. The molecule has 13 heavy (non-hydrogen) atoms. The number of fused-ring (bicyclic) bond motifs is 1. The molecule has 0 aromatic carbocycles. The molecule has 0 radical (unpaired) electrons. The second kappa shape index (κ2) is 3.11. The van der Waals surface area contributed by atoms with Crippen LogP contribution in [0, 0.1) is 11.8 Å². The van der Waals surface area contributed by atoms with Gasteiger partial charge in [0.2, 0.25) is 0 Å². The van der Waals surface area contributed by atoms with Crippen molar-refractivity contribution >= 4 is 0 Å². The van der Waals surface area contributed by atoms with Crippen molar-refractivity contribution in [2.45, 2.75) is 26.4 Å². The van der Waals surface area contributed by atoms with Gasteiger partial charge in [0.1, 0.15) is 0 Å². The van der Waals surface area contributed by atoms with Crippen molar-refractivity contribution in [2.24, 2.45) is 11.8 Å². The highest BCUT2D eigenvalue weighted by atomic mass is 16.3. The average molecular weight is 177 g/mol. The number of hydrogen-bond donors (Lipinski definition) is 1. The quantitative estimate of drug-likeness (QED) is 0.711. The molecule has 1 aliphatic rings. The molecule has 1 aromatic rings. The van der Waals surface area contributed by atoms with E-state index in [-0.39, 0.29) is 6.10 Å². The van der Waals surface area contributed by atoms with Gasteiger partial charge >= 0.3 is 0 Å². The van der Waals surface area contributed by atoms with E-state index in [0.717, 1.165) is 12.1 Å². The van der Waals surface area contributed by atoms with Crippen LogP contribution in [-0.4, -0.2) is 10.1 Å². The maximum Gasteiger partial charge on any atom is 0.0996 e. The van der Waals surface area contributed by atoms with E-state index in [4.69, 9.17) is 0 Å². The molecule has 0 aliphatic heterocycles. The molecule has 0 bridgehead atoms. The van der Waals surface area contributed by atoms with Gasteiger partial charge in [0, 0.05) is 6.20 Å². The van der Waals surface area contributed by atoms with Crippen LogP contribution in [0.5, 0.6) is 0 Å². The number of nitrogens with zero attached hydrogens (tertiary/aromatic N) is 1. The third-order valence-corrected chi connectivity index (χ3v) is 2.92. The Balaban J connectivity index is 2.32. The highest BCUT2D eigenvalue weighted by Gasteiger charge is 2.33. The number of pyridine rings is 1. The van der Waals surface area contributed by atoms with Crippen LogP contribution in [-0.2, 0) is 6.42 Å². The molecule has 0 saturated carbocycles. The number of rotatable bonds is 1. The van der Waals surface area contributed by atoms with Crippen LogP contribution < -0.4 is 0 Å². The smallest absolute Gasteiger partial charge is 0.0996 e. The highest BCUT2D eigenvalue weighted by molar-refractivity contribution is 5.28. The van der Waals surface area contributed by atoms with E-state index in [9.17, 15) is 5.11 Å². The molecule has 0 amide bonds. The normalized spacial score (nSPS) is 26.5. The number of hydrogen-bond acceptors (Lipinski definition) is 2. The summed E-state index contributed by atoms with van der Waals surface area (Å²) in [6, 6.07) is 4.00. The Bertz CT molecular complexity index is 309. The summed E-state index contributed by atoms with van der Waals surface area (Å²) in [6.45, 7) is 4.31. The molecule has 2 atom stereocenters. The molecule has 1 N–H and O–H groups in total. The van der Waals surface area contributed by atoms with Gasteiger partial charge in [-0.05, 0) is 29.9 Å². The highest BCUT2D eigenvalue weighted by Crippen LogP contribution is 2.38. The molecule has 0 saturated heterocycles. The Labute approximate surface area is 78.6 Å². The monoisotopic (exact) mass is 177 g/mol. The average Bonchev–Trinajstić information content (AvgIpc) is 2.45. The van der Waals surface area contributed by atoms with Crippen LogP contribution in [0.1, 0.15) is 31.2 Å². The van der Waals surface area contributed by atoms with E-state index >= 15 is 0 Å². The molecule has 70 valence electrons. The summed E-state index contributed by atoms with van der Waals surface area (Å²) in [6.07, 6.45) is 2.38. The Morgan fingerprint density at radius 1 is 1.54 bits per heavy atom. The molecule has 2 nitrogen and oxygen atoms in total. The van der Waals surface area contributed by atoms with E-state index in [1.807, 2.05) is 6.07 Å². The molecule has 0 fully saturated rings. The Hall–Kier alpha value is -0.890. The zero-order chi connectivity index (χ0) is 9.42. The fraction of sp³-hybridized carbons (Fsp3) is 0.545. The van der Waals surface area contributed by atoms with Crippen molar-refractivity contribution in [3.63, 3.8) is 0 Å². The lowest BCUT2D eigenvalue weighted by Crippen LogP contribution is -2.14. The van der Waals surface area contributed by atoms with E-state index < -0.39 is 0 Å². The lowest BCUT2D eigenvalue weighted by molar-refractivity contribution is 0.0937. The molecule has 0 spiro atoms. The number of aliphatic hydroxyl groups excluding tert-OH is 1. The van der Waals surface area contributed by atoms with Gasteiger partial charge in [-0.3, -0.25) is 4.98 Å². The van der Waals surface area contributed by atoms with Crippen molar-refractivity contribution in [3.8, 4) is 0 Å². The summed E-state index contributed by atoms with van der Waals surface area (Å²) in [5.41, 5.74) is 2.11. The summed E-state index contributed by atoms with van der Waals surface area (Å²) in [5.74, 6) is 0.870. The zero-order valence-corrected chi connectivity index (χ0v) is 8.07. The first-order chi connectivity index (χ1) is 6.20. The van der Waals surface area contributed by atoms with Crippen LogP contribution in [0.15, 0.2) is 18.3 Å². The first-order valence-corrected chi connectivity index (χ1v) is 4.82. The summed E-state index contributed by atoms with van der Waals surface area (Å²) < 4.78 is 0. The fourth-order valence-electron chi connectivity index (χ4n) is 2.06. The maximum absolute atomic E-state index is 9.95. The first-order valence-electron chi connectivity index (χ1n) is 4.82. The second-order valence-corrected chi connectivity index (χ2v) is 4.10. The number of aliphatic hydroxyl groups is 1. The molecule has 1 aromatic heterocycles. The van der Waals surface area contributed by atoms with Gasteiger partial charge < -0.3 is 5.11 Å². The Morgan fingerprint density at radius 3 is 2.92 bits per heavy atom. The van der Waals surface area contributed by atoms with E-state index in [1.165, 1.54) is 5.56 Å². The van der Waals surface area contributed by atoms with Gasteiger partial charge in [-0.1, -0.05) is 19.9 Å². The molecule has 2 heteroatoms. The van der Waals surface area contributed by atoms with Gasteiger partial charge in [0.15, 0.2) is 0 Å². The molecular formula is C11H15NO. The first kappa shape index (κ1) is 8.70. The molecule has 2 rings (SSSR count). The lowest BCUT2D eigenvalue weighted by atomic mass is 9.91. The SMILES string of the molecule is CC(C)C1Cc2cccnc2C1O. The minimum absolute atomic E-state index is 0.351. The minimum atomic E-state index is -0.351. The van der Waals surface area contributed by atoms with E-state index in [2.05, 4.69) is 24.9 Å². The third-order valence-electron chi connectivity index (χ3n) is 2.92. The van der Waals surface area contributed by atoms with Crippen LogP contribution >= 0.6 is 0 Å².